The van der Waals surface area contributed by atoms with E-state index in [0.29, 0.717) is 13.0 Å². The van der Waals surface area contributed by atoms with Crippen molar-refractivity contribution in [1.82, 2.24) is 0 Å². The summed E-state index contributed by atoms with van der Waals surface area (Å²) in [4.78, 5) is 0. The van der Waals surface area contributed by atoms with E-state index in [-0.39, 0.29) is 12.1 Å². The highest BCUT2D eigenvalue weighted by atomic mass is 16.3. The second-order valence-corrected chi connectivity index (χ2v) is 3.40. The van der Waals surface area contributed by atoms with Gasteiger partial charge in [-0.2, -0.15) is 0 Å². The Balaban J connectivity index is 3.43. The van der Waals surface area contributed by atoms with Crippen molar-refractivity contribution in [3.05, 3.63) is 0 Å². The first-order valence-corrected chi connectivity index (χ1v) is 4.72. The molecule has 3 atom stereocenters. The average Bonchev–Trinajstić information content (AvgIpc) is 2.04. The van der Waals surface area contributed by atoms with Gasteiger partial charge in [0.25, 0.3) is 0 Å². The molecule has 13 heavy (non-hydrogen) atoms. The molecule has 5 nitrogen and oxygen atoms in total. The summed E-state index contributed by atoms with van der Waals surface area (Å²) in [6.07, 6.45) is 2.17. The van der Waals surface area contributed by atoms with Gasteiger partial charge in [0.2, 0.25) is 0 Å². The molecule has 3 unspecified atom stereocenters. The number of hydrogen-bond acceptors (Lipinski definition) is 5. The van der Waals surface area contributed by atoms with Gasteiger partial charge in [0.05, 0.1) is 0 Å². The zero-order valence-electron chi connectivity index (χ0n) is 8.02. The van der Waals surface area contributed by atoms with Gasteiger partial charge in [-0.05, 0) is 32.2 Å². The fourth-order valence-corrected chi connectivity index (χ4v) is 1.18. The smallest absolute Gasteiger partial charge is 0.102 e. The molecular weight excluding hydrogens is 168 g/mol. The summed E-state index contributed by atoms with van der Waals surface area (Å²) in [5, 5.41) is 8.79. The van der Waals surface area contributed by atoms with Gasteiger partial charge < -0.3 is 28.0 Å². The Kier molecular flexibility index (Phi) is 7.12. The monoisotopic (exact) mass is 190 g/mol. The highest BCUT2D eigenvalue weighted by Gasteiger charge is 2.11. The maximum Gasteiger partial charge on any atom is 0.102 e. The summed E-state index contributed by atoms with van der Waals surface area (Å²) in [7, 11) is 0. The minimum atomic E-state index is -0.738. The van der Waals surface area contributed by atoms with Crippen molar-refractivity contribution in [1.29, 1.82) is 0 Å². The van der Waals surface area contributed by atoms with Gasteiger partial charge in [-0.3, -0.25) is 0 Å². The fraction of sp³-hybridized carbons (Fsp3) is 1.00. The van der Waals surface area contributed by atoms with E-state index in [1.54, 1.807) is 0 Å². The van der Waals surface area contributed by atoms with Crippen LogP contribution in [0.5, 0.6) is 0 Å². The van der Waals surface area contributed by atoms with E-state index in [9.17, 15) is 0 Å². The third-order valence-corrected chi connectivity index (χ3v) is 2.09. The first kappa shape index (κ1) is 12.8. The van der Waals surface area contributed by atoms with Crippen LogP contribution in [0.1, 0.15) is 25.7 Å². The maximum atomic E-state index is 8.79. The lowest BCUT2D eigenvalue weighted by atomic mass is 10.0. The van der Waals surface area contributed by atoms with Crippen molar-refractivity contribution in [2.24, 2.45) is 22.9 Å². The second-order valence-electron chi connectivity index (χ2n) is 3.40. The normalized spacial score (nSPS) is 18.2. The molecule has 0 aromatic carbocycles. The van der Waals surface area contributed by atoms with Crippen LogP contribution in [0.4, 0.5) is 0 Å². The first-order valence-electron chi connectivity index (χ1n) is 4.72. The quantitative estimate of drug-likeness (QED) is 0.310. The minimum absolute atomic E-state index is 0.0395. The van der Waals surface area contributed by atoms with Crippen molar-refractivity contribution >= 4 is 0 Å². The van der Waals surface area contributed by atoms with E-state index < -0.39 is 6.23 Å². The molecule has 0 saturated carbocycles. The molecule has 0 fully saturated rings. The van der Waals surface area contributed by atoms with Crippen molar-refractivity contribution < 1.29 is 5.11 Å². The standard InChI is InChI=1S/C8H22N4O/c9-5-4-7(11)6(10)2-1-3-8(12)13/h6-8,13H,1-5,9-12H2. The van der Waals surface area contributed by atoms with E-state index in [4.69, 9.17) is 28.0 Å². The van der Waals surface area contributed by atoms with Crippen molar-refractivity contribution in [2.75, 3.05) is 6.54 Å². The van der Waals surface area contributed by atoms with Gasteiger partial charge in [-0.1, -0.05) is 0 Å². The number of aliphatic hydroxyl groups is 1. The Bertz CT molecular complexity index is 121. The van der Waals surface area contributed by atoms with Crippen molar-refractivity contribution in [2.45, 2.75) is 44.0 Å². The zero-order valence-corrected chi connectivity index (χ0v) is 8.02. The molecule has 5 heteroatoms. The minimum Gasteiger partial charge on any atom is -0.379 e. The van der Waals surface area contributed by atoms with Crippen LogP contribution in [0.25, 0.3) is 0 Å². The molecule has 0 aliphatic carbocycles. The van der Waals surface area contributed by atoms with E-state index >= 15 is 0 Å². The van der Waals surface area contributed by atoms with Crippen LogP contribution in [0.3, 0.4) is 0 Å². The van der Waals surface area contributed by atoms with E-state index in [1.165, 1.54) is 0 Å². The number of nitrogens with two attached hydrogens (primary N) is 4. The maximum absolute atomic E-state index is 8.79. The summed E-state index contributed by atoms with van der Waals surface area (Å²) < 4.78 is 0. The second kappa shape index (κ2) is 7.23. The molecule has 0 spiro atoms. The molecule has 0 saturated heterocycles. The number of rotatable bonds is 7. The highest BCUT2D eigenvalue weighted by molar-refractivity contribution is 4.76. The Labute approximate surface area is 79.4 Å². The summed E-state index contributed by atoms with van der Waals surface area (Å²) in [6, 6.07) is -0.0813. The predicted molar refractivity (Wildman–Crippen MR) is 53.7 cm³/mol. The molecule has 0 rings (SSSR count). The van der Waals surface area contributed by atoms with Gasteiger partial charge in [0.15, 0.2) is 0 Å². The largest absolute Gasteiger partial charge is 0.379 e. The van der Waals surface area contributed by atoms with Crippen LogP contribution < -0.4 is 22.9 Å². The summed E-state index contributed by atoms with van der Waals surface area (Å²) in [5.74, 6) is 0. The molecule has 0 aromatic rings. The topological polar surface area (TPSA) is 124 Å². The van der Waals surface area contributed by atoms with Crippen molar-refractivity contribution in [3.63, 3.8) is 0 Å². The lowest BCUT2D eigenvalue weighted by Gasteiger charge is -2.19. The Morgan fingerprint density at radius 1 is 0.923 bits per heavy atom. The van der Waals surface area contributed by atoms with Crippen molar-refractivity contribution in [3.8, 4) is 0 Å². The molecular formula is C8H22N4O. The summed E-state index contributed by atoms with van der Waals surface area (Å²) in [5.41, 5.74) is 22.1. The van der Waals surface area contributed by atoms with Crippen LogP contribution >= 0.6 is 0 Å². The van der Waals surface area contributed by atoms with Gasteiger partial charge in [0.1, 0.15) is 6.23 Å². The zero-order chi connectivity index (χ0) is 10.3. The lowest BCUT2D eigenvalue weighted by molar-refractivity contribution is 0.167. The van der Waals surface area contributed by atoms with Gasteiger partial charge in [-0.15, -0.1) is 0 Å². The molecule has 0 heterocycles. The molecule has 0 bridgehead atoms. The molecule has 0 amide bonds. The third kappa shape index (κ3) is 6.92. The Morgan fingerprint density at radius 2 is 1.46 bits per heavy atom. The van der Waals surface area contributed by atoms with Crippen LogP contribution in [-0.2, 0) is 0 Å². The van der Waals surface area contributed by atoms with Gasteiger partial charge in [-0.25, -0.2) is 0 Å². The average molecular weight is 190 g/mol. The lowest BCUT2D eigenvalue weighted by Crippen LogP contribution is -2.42. The molecule has 9 N–H and O–H groups in total. The first-order chi connectivity index (χ1) is 6.07. The van der Waals surface area contributed by atoms with Gasteiger partial charge >= 0.3 is 0 Å². The molecule has 0 radical (unpaired) electrons. The van der Waals surface area contributed by atoms with E-state index in [0.717, 1.165) is 19.3 Å². The molecule has 0 aliphatic rings. The van der Waals surface area contributed by atoms with E-state index in [1.807, 2.05) is 0 Å². The SMILES string of the molecule is NCCC(N)C(N)CCCC(N)O. The van der Waals surface area contributed by atoms with Gasteiger partial charge in [0, 0.05) is 12.1 Å². The Hall–Kier alpha value is -0.200. The third-order valence-electron chi connectivity index (χ3n) is 2.09. The summed E-state index contributed by atoms with van der Waals surface area (Å²) >= 11 is 0. The summed E-state index contributed by atoms with van der Waals surface area (Å²) in [6.45, 7) is 0.564. The Morgan fingerprint density at radius 3 is 1.92 bits per heavy atom. The number of hydrogen-bond donors (Lipinski definition) is 5. The van der Waals surface area contributed by atoms with Crippen LogP contribution in [0, 0.1) is 0 Å². The predicted octanol–water partition coefficient (Wildman–Crippen LogP) is -1.56. The van der Waals surface area contributed by atoms with Crippen LogP contribution in [0.2, 0.25) is 0 Å². The van der Waals surface area contributed by atoms with Crippen LogP contribution in [0.15, 0.2) is 0 Å². The van der Waals surface area contributed by atoms with Crippen LogP contribution in [-0.4, -0.2) is 30.0 Å². The number of aliphatic hydroxyl groups excluding tert-OH is 1. The molecule has 0 aromatic heterocycles. The molecule has 80 valence electrons. The fourth-order valence-electron chi connectivity index (χ4n) is 1.18. The van der Waals surface area contributed by atoms with E-state index in [2.05, 4.69) is 0 Å². The highest BCUT2D eigenvalue weighted by Crippen LogP contribution is 2.04. The molecule has 0 aliphatic heterocycles.